The lowest BCUT2D eigenvalue weighted by Gasteiger charge is -2.37. The van der Waals surface area contributed by atoms with Gasteiger partial charge in [-0.2, -0.15) is 0 Å². The van der Waals surface area contributed by atoms with Gasteiger partial charge in [0.1, 0.15) is 0 Å². The van der Waals surface area contributed by atoms with Crippen molar-refractivity contribution in [2.24, 2.45) is 0 Å². The molecule has 5 nitrogen and oxygen atoms in total. The lowest BCUT2D eigenvalue weighted by molar-refractivity contribution is -0.125. The van der Waals surface area contributed by atoms with E-state index in [1.807, 2.05) is 18.2 Å². The Kier molecular flexibility index (Phi) is 3.18. The van der Waals surface area contributed by atoms with Crippen molar-refractivity contribution in [1.29, 1.82) is 0 Å². The van der Waals surface area contributed by atoms with E-state index in [1.54, 1.807) is 7.05 Å². The van der Waals surface area contributed by atoms with Gasteiger partial charge in [0, 0.05) is 31.4 Å². The van der Waals surface area contributed by atoms with Gasteiger partial charge in [0.25, 0.3) is 5.91 Å². The van der Waals surface area contributed by atoms with Crippen LogP contribution in [0.5, 0.6) is 0 Å². The number of carbonyl (C=O) groups excluding carboxylic acids is 1. The first-order valence-electron chi connectivity index (χ1n) is 6.97. The molecule has 0 saturated carbocycles. The second kappa shape index (κ2) is 4.75. The van der Waals surface area contributed by atoms with Gasteiger partial charge in [-0.1, -0.05) is 6.07 Å². The molecule has 1 amide bonds. The lowest BCUT2D eigenvalue weighted by Crippen LogP contribution is -2.45. The van der Waals surface area contributed by atoms with E-state index < -0.39 is 6.10 Å². The van der Waals surface area contributed by atoms with Gasteiger partial charge < -0.3 is 19.6 Å². The van der Waals surface area contributed by atoms with Gasteiger partial charge in [0.05, 0.1) is 17.9 Å². The second-order valence-electron chi connectivity index (χ2n) is 5.71. The molecule has 1 saturated heterocycles. The molecule has 2 aliphatic rings. The number of rotatable bonds is 1. The summed E-state index contributed by atoms with van der Waals surface area (Å²) >= 11 is 0. The van der Waals surface area contributed by atoms with Crippen LogP contribution < -0.4 is 9.80 Å². The van der Waals surface area contributed by atoms with Gasteiger partial charge in [0.2, 0.25) is 0 Å². The molecule has 0 aliphatic carbocycles. The first kappa shape index (κ1) is 13.4. The zero-order chi connectivity index (χ0) is 14.4. The molecule has 1 aromatic rings. The molecule has 0 radical (unpaired) electrons. The van der Waals surface area contributed by atoms with E-state index >= 15 is 0 Å². The quantitative estimate of drug-likeness (QED) is 0.840. The van der Waals surface area contributed by atoms with Crippen molar-refractivity contribution in [3.8, 4) is 0 Å². The first-order chi connectivity index (χ1) is 9.47. The summed E-state index contributed by atoms with van der Waals surface area (Å²) in [5, 5.41) is 9.88. The van der Waals surface area contributed by atoms with Gasteiger partial charge in [-0.3, -0.25) is 4.79 Å². The molecular formula is C15H20N2O3. The summed E-state index contributed by atoms with van der Waals surface area (Å²) in [7, 11) is 1.70. The topological polar surface area (TPSA) is 53.0 Å². The van der Waals surface area contributed by atoms with E-state index in [4.69, 9.17) is 4.74 Å². The number of anilines is 2. The Morgan fingerprint density at radius 2 is 1.90 bits per heavy atom. The fourth-order valence-electron chi connectivity index (χ4n) is 3.07. The van der Waals surface area contributed by atoms with Gasteiger partial charge in [-0.15, -0.1) is 0 Å². The highest BCUT2D eigenvalue weighted by Gasteiger charge is 2.34. The molecule has 1 aromatic carbocycles. The standard InChI is InChI=1S/C15H20N2O3/c1-9-7-17(8-10(2)20-9)11-4-5-12-13(6-11)16(3)15(19)14(12)18/h4-6,9-10,14,18H,7-8H2,1-3H3/t9-,10+,14?. The molecule has 3 rings (SSSR count). The van der Waals surface area contributed by atoms with Crippen molar-refractivity contribution >= 4 is 17.3 Å². The minimum atomic E-state index is -1.02. The molecule has 1 fully saturated rings. The van der Waals surface area contributed by atoms with Gasteiger partial charge in [0.15, 0.2) is 6.10 Å². The van der Waals surface area contributed by atoms with Crippen molar-refractivity contribution in [3.63, 3.8) is 0 Å². The number of aliphatic hydroxyl groups is 1. The molecule has 1 unspecified atom stereocenters. The smallest absolute Gasteiger partial charge is 0.260 e. The summed E-state index contributed by atoms with van der Waals surface area (Å²) in [6.07, 6.45) is -0.638. The van der Waals surface area contributed by atoms with Crippen LogP contribution in [0.4, 0.5) is 11.4 Å². The summed E-state index contributed by atoms with van der Waals surface area (Å²) in [6, 6.07) is 5.80. The lowest BCUT2D eigenvalue weighted by atomic mass is 10.1. The van der Waals surface area contributed by atoms with E-state index in [-0.39, 0.29) is 18.1 Å². The molecule has 0 aromatic heterocycles. The number of carbonyl (C=O) groups is 1. The van der Waals surface area contributed by atoms with E-state index in [2.05, 4.69) is 18.7 Å². The summed E-state index contributed by atoms with van der Waals surface area (Å²) in [5.41, 5.74) is 2.56. The van der Waals surface area contributed by atoms with Crippen molar-refractivity contribution in [1.82, 2.24) is 0 Å². The molecular weight excluding hydrogens is 256 g/mol. The van der Waals surface area contributed by atoms with Crippen LogP contribution in [-0.4, -0.2) is 43.4 Å². The fourth-order valence-corrected chi connectivity index (χ4v) is 3.07. The Morgan fingerprint density at radius 3 is 2.55 bits per heavy atom. The van der Waals surface area contributed by atoms with Gasteiger partial charge >= 0.3 is 0 Å². The first-order valence-corrected chi connectivity index (χ1v) is 6.97. The Hall–Kier alpha value is -1.59. The van der Waals surface area contributed by atoms with Crippen LogP contribution in [-0.2, 0) is 9.53 Å². The summed E-state index contributed by atoms with van der Waals surface area (Å²) < 4.78 is 5.74. The van der Waals surface area contributed by atoms with E-state index in [0.29, 0.717) is 5.56 Å². The predicted octanol–water partition coefficient (Wildman–Crippen LogP) is 1.31. The molecule has 1 N–H and O–H groups in total. The van der Waals surface area contributed by atoms with E-state index in [0.717, 1.165) is 24.5 Å². The summed E-state index contributed by atoms with van der Waals surface area (Å²) in [4.78, 5) is 15.6. The summed E-state index contributed by atoms with van der Waals surface area (Å²) in [6.45, 7) is 5.80. The number of hydrogen-bond acceptors (Lipinski definition) is 4. The van der Waals surface area contributed by atoms with Crippen LogP contribution in [0.3, 0.4) is 0 Å². The maximum absolute atomic E-state index is 11.8. The maximum atomic E-state index is 11.8. The van der Waals surface area contributed by atoms with Crippen molar-refractivity contribution in [2.75, 3.05) is 29.9 Å². The third-order valence-electron chi connectivity index (χ3n) is 4.02. The Balaban J connectivity index is 1.92. The largest absolute Gasteiger partial charge is 0.378 e. The van der Waals surface area contributed by atoms with Gasteiger partial charge in [-0.25, -0.2) is 0 Å². The van der Waals surface area contributed by atoms with Crippen LogP contribution in [0.2, 0.25) is 0 Å². The molecule has 3 atom stereocenters. The van der Waals surface area contributed by atoms with Gasteiger partial charge in [-0.05, 0) is 26.0 Å². The molecule has 0 spiro atoms. The normalized spacial score (nSPS) is 29.8. The highest BCUT2D eigenvalue weighted by molar-refractivity contribution is 6.03. The molecule has 20 heavy (non-hydrogen) atoms. The third kappa shape index (κ3) is 2.07. The number of ether oxygens (including phenoxy) is 1. The van der Waals surface area contributed by atoms with E-state index in [9.17, 15) is 9.90 Å². The number of likely N-dealkylation sites (N-methyl/N-ethyl adjacent to an activating group) is 1. The minimum Gasteiger partial charge on any atom is -0.378 e. The molecule has 2 heterocycles. The Morgan fingerprint density at radius 1 is 1.25 bits per heavy atom. The molecule has 0 bridgehead atoms. The Bertz CT molecular complexity index is 536. The average Bonchev–Trinajstić information content (AvgIpc) is 2.62. The highest BCUT2D eigenvalue weighted by atomic mass is 16.5. The third-order valence-corrected chi connectivity index (χ3v) is 4.02. The summed E-state index contributed by atoms with van der Waals surface area (Å²) in [5.74, 6) is -0.263. The monoisotopic (exact) mass is 276 g/mol. The molecule has 108 valence electrons. The zero-order valence-corrected chi connectivity index (χ0v) is 12.0. The van der Waals surface area contributed by atoms with Crippen LogP contribution in [0.25, 0.3) is 0 Å². The number of benzene rings is 1. The average molecular weight is 276 g/mol. The highest BCUT2D eigenvalue weighted by Crippen LogP contribution is 2.37. The van der Waals surface area contributed by atoms with Crippen molar-refractivity contribution in [2.45, 2.75) is 32.2 Å². The van der Waals surface area contributed by atoms with Crippen LogP contribution >= 0.6 is 0 Å². The second-order valence-corrected chi connectivity index (χ2v) is 5.71. The van der Waals surface area contributed by atoms with Crippen molar-refractivity contribution < 1.29 is 14.6 Å². The number of hydrogen-bond donors (Lipinski definition) is 1. The van der Waals surface area contributed by atoms with Crippen molar-refractivity contribution in [3.05, 3.63) is 23.8 Å². The van der Waals surface area contributed by atoms with Crippen LogP contribution in [0.1, 0.15) is 25.5 Å². The zero-order valence-electron chi connectivity index (χ0n) is 12.0. The molecule has 5 heteroatoms. The predicted molar refractivity (Wildman–Crippen MR) is 77.0 cm³/mol. The molecule has 2 aliphatic heterocycles. The van der Waals surface area contributed by atoms with Crippen LogP contribution in [0, 0.1) is 0 Å². The fraction of sp³-hybridized carbons (Fsp3) is 0.533. The SMILES string of the molecule is C[C@@H]1CN(c2ccc3c(c2)N(C)C(=O)C3O)C[C@H](C)O1. The number of aliphatic hydroxyl groups excluding tert-OH is 1. The van der Waals surface area contributed by atoms with E-state index in [1.165, 1.54) is 4.90 Å². The maximum Gasteiger partial charge on any atom is 0.260 e. The number of morpholine rings is 1. The van der Waals surface area contributed by atoms with Crippen LogP contribution in [0.15, 0.2) is 18.2 Å². The Labute approximate surface area is 118 Å². The number of nitrogens with zero attached hydrogens (tertiary/aromatic N) is 2. The number of fused-ring (bicyclic) bond motifs is 1. The number of amides is 1. The minimum absolute atomic E-state index is 0.192.